The predicted octanol–water partition coefficient (Wildman–Crippen LogP) is 4.34. The monoisotopic (exact) mass is 300 g/mol. The van der Waals surface area contributed by atoms with Crippen LogP contribution in [0.3, 0.4) is 0 Å². The number of hydrogen-bond donors (Lipinski definition) is 1. The number of anilines is 1. The third kappa shape index (κ3) is 2.09. The first-order valence-corrected chi connectivity index (χ1v) is 7.28. The van der Waals surface area contributed by atoms with Crippen molar-refractivity contribution in [3.8, 4) is 0 Å². The number of benzene rings is 1. The van der Waals surface area contributed by atoms with Gasteiger partial charge in [-0.1, -0.05) is 41.0 Å². The van der Waals surface area contributed by atoms with E-state index in [1.54, 1.807) is 6.07 Å². The van der Waals surface area contributed by atoms with Crippen molar-refractivity contribution in [3.05, 3.63) is 22.2 Å². The molecule has 1 amide bonds. The van der Waals surface area contributed by atoms with E-state index < -0.39 is 0 Å². The number of nitrogens with one attached hydrogen (secondary N) is 1. The molecule has 0 atom stereocenters. The van der Waals surface area contributed by atoms with E-state index in [1.165, 1.54) is 11.3 Å². The van der Waals surface area contributed by atoms with Crippen LogP contribution >= 0.6 is 34.5 Å². The highest BCUT2D eigenvalue weighted by Crippen LogP contribution is 2.36. The van der Waals surface area contributed by atoms with E-state index in [2.05, 4.69) is 10.3 Å². The zero-order chi connectivity index (χ0) is 12.7. The van der Waals surface area contributed by atoms with E-state index in [-0.39, 0.29) is 11.8 Å². The van der Waals surface area contributed by atoms with Crippen molar-refractivity contribution >= 4 is 55.8 Å². The van der Waals surface area contributed by atoms with Crippen LogP contribution in [0.4, 0.5) is 5.13 Å². The van der Waals surface area contributed by atoms with E-state index in [1.807, 2.05) is 6.07 Å². The molecule has 0 aliphatic heterocycles. The molecule has 1 heterocycles. The lowest BCUT2D eigenvalue weighted by molar-refractivity contribution is -0.122. The molecule has 3 nitrogen and oxygen atoms in total. The van der Waals surface area contributed by atoms with Crippen molar-refractivity contribution in [1.82, 2.24) is 4.98 Å². The van der Waals surface area contributed by atoms with E-state index in [0.29, 0.717) is 20.7 Å². The topological polar surface area (TPSA) is 42.0 Å². The molecular weight excluding hydrogens is 291 g/mol. The molecule has 1 N–H and O–H groups in total. The summed E-state index contributed by atoms with van der Waals surface area (Å²) in [6.45, 7) is 0. The minimum atomic E-state index is 0.0579. The summed E-state index contributed by atoms with van der Waals surface area (Å²) >= 11 is 13.4. The van der Waals surface area contributed by atoms with Gasteiger partial charge in [0.15, 0.2) is 5.13 Å². The fourth-order valence-corrected chi connectivity index (χ4v) is 3.16. The van der Waals surface area contributed by atoms with Gasteiger partial charge < -0.3 is 5.32 Å². The van der Waals surface area contributed by atoms with Crippen molar-refractivity contribution in [3.63, 3.8) is 0 Å². The van der Waals surface area contributed by atoms with Gasteiger partial charge in [0.25, 0.3) is 0 Å². The summed E-state index contributed by atoms with van der Waals surface area (Å²) in [5.74, 6) is 0.207. The lowest BCUT2D eigenvalue weighted by Gasteiger charge is -2.23. The quantitative estimate of drug-likeness (QED) is 0.896. The standard InChI is InChI=1S/C12H10Cl2N2OS/c13-7-4-5-8-10(9(7)14)15-12(18-8)16-11(17)6-2-1-3-6/h4-6H,1-3H2,(H,15,16,17). The third-order valence-corrected chi connectivity index (χ3v) is 4.89. The first-order valence-electron chi connectivity index (χ1n) is 5.70. The molecule has 94 valence electrons. The smallest absolute Gasteiger partial charge is 0.229 e. The van der Waals surface area contributed by atoms with Crippen molar-refractivity contribution in [2.45, 2.75) is 19.3 Å². The summed E-state index contributed by atoms with van der Waals surface area (Å²) in [4.78, 5) is 16.1. The molecule has 6 heteroatoms. The van der Waals surface area contributed by atoms with Gasteiger partial charge in [0.2, 0.25) is 5.91 Å². The molecule has 1 fully saturated rings. The number of hydrogen-bond acceptors (Lipinski definition) is 3. The lowest BCUT2D eigenvalue weighted by atomic mass is 9.85. The summed E-state index contributed by atoms with van der Waals surface area (Å²) in [6.07, 6.45) is 3.09. The average Bonchev–Trinajstić information content (AvgIpc) is 2.64. The summed E-state index contributed by atoms with van der Waals surface area (Å²) in [5, 5.41) is 4.35. The second-order valence-electron chi connectivity index (χ2n) is 4.34. The van der Waals surface area contributed by atoms with Crippen molar-refractivity contribution in [2.24, 2.45) is 5.92 Å². The Balaban J connectivity index is 1.89. The maximum Gasteiger partial charge on any atom is 0.229 e. The SMILES string of the molecule is O=C(Nc1nc2c(Cl)c(Cl)ccc2s1)C1CCC1. The highest BCUT2D eigenvalue weighted by atomic mass is 35.5. The van der Waals surface area contributed by atoms with Gasteiger partial charge in [-0.25, -0.2) is 4.98 Å². The minimum absolute atomic E-state index is 0.0579. The Hall–Kier alpha value is -0.840. The van der Waals surface area contributed by atoms with Crippen molar-refractivity contribution in [1.29, 1.82) is 0 Å². The van der Waals surface area contributed by atoms with E-state index in [4.69, 9.17) is 23.2 Å². The number of nitrogens with zero attached hydrogens (tertiary/aromatic N) is 1. The minimum Gasteiger partial charge on any atom is -0.302 e. The number of carbonyl (C=O) groups is 1. The molecule has 1 aliphatic rings. The first-order chi connectivity index (χ1) is 8.65. The van der Waals surface area contributed by atoms with Gasteiger partial charge in [-0.3, -0.25) is 4.79 Å². The van der Waals surface area contributed by atoms with Crippen molar-refractivity contribution < 1.29 is 4.79 Å². The number of halogens is 2. The molecule has 0 unspecified atom stereocenters. The Morgan fingerprint density at radius 2 is 2.17 bits per heavy atom. The van der Waals surface area contributed by atoms with Gasteiger partial charge in [0.05, 0.1) is 14.7 Å². The molecular formula is C12H10Cl2N2OS. The maximum absolute atomic E-state index is 11.8. The van der Waals surface area contributed by atoms with Crippen LogP contribution in [-0.2, 0) is 4.79 Å². The molecule has 3 rings (SSSR count). The highest BCUT2D eigenvalue weighted by Gasteiger charge is 2.26. The van der Waals surface area contributed by atoms with Crippen LogP contribution in [-0.4, -0.2) is 10.9 Å². The van der Waals surface area contributed by atoms with Crippen LogP contribution in [0.5, 0.6) is 0 Å². The Morgan fingerprint density at radius 3 is 2.83 bits per heavy atom. The van der Waals surface area contributed by atoms with E-state index in [9.17, 15) is 4.79 Å². The second kappa shape index (κ2) is 4.68. The van der Waals surface area contributed by atoms with Crippen LogP contribution in [0.2, 0.25) is 10.0 Å². The number of carbonyl (C=O) groups excluding carboxylic acids is 1. The average molecular weight is 301 g/mol. The van der Waals surface area contributed by atoms with Gasteiger partial charge in [-0.2, -0.15) is 0 Å². The Kier molecular flexibility index (Phi) is 3.18. The highest BCUT2D eigenvalue weighted by molar-refractivity contribution is 7.22. The molecule has 0 spiro atoms. The lowest BCUT2D eigenvalue weighted by Crippen LogP contribution is -2.27. The fraction of sp³-hybridized carbons (Fsp3) is 0.333. The van der Waals surface area contributed by atoms with E-state index in [0.717, 1.165) is 24.0 Å². The largest absolute Gasteiger partial charge is 0.302 e. The fourth-order valence-electron chi connectivity index (χ4n) is 1.87. The van der Waals surface area contributed by atoms with Gasteiger partial charge in [0, 0.05) is 5.92 Å². The number of aromatic nitrogens is 1. The molecule has 1 aliphatic carbocycles. The molecule has 0 saturated heterocycles. The summed E-state index contributed by atoms with van der Waals surface area (Å²) in [6, 6.07) is 3.60. The molecule has 1 aromatic carbocycles. The van der Waals surface area contributed by atoms with Gasteiger partial charge in [-0.15, -0.1) is 0 Å². The van der Waals surface area contributed by atoms with Crippen LogP contribution in [0, 0.1) is 5.92 Å². The molecule has 18 heavy (non-hydrogen) atoms. The van der Waals surface area contributed by atoms with Gasteiger partial charge in [0.1, 0.15) is 5.52 Å². The number of amides is 1. The van der Waals surface area contributed by atoms with Crippen LogP contribution < -0.4 is 5.32 Å². The summed E-state index contributed by atoms with van der Waals surface area (Å²) in [7, 11) is 0. The van der Waals surface area contributed by atoms with Crippen LogP contribution in [0.25, 0.3) is 10.2 Å². The van der Waals surface area contributed by atoms with Gasteiger partial charge in [-0.05, 0) is 25.0 Å². The molecule has 2 aromatic rings. The second-order valence-corrected chi connectivity index (χ2v) is 6.16. The Morgan fingerprint density at radius 1 is 1.39 bits per heavy atom. The number of thiazole rings is 1. The van der Waals surface area contributed by atoms with Crippen molar-refractivity contribution in [2.75, 3.05) is 5.32 Å². The normalized spacial score (nSPS) is 15.7. The molecule has 0 bridgehead atoms. The summed E-state index contributed by atoms with van der Waals surface area (Å²) < 4.78 is 0.924. The zero-order valence-corrected chi connectivity index (χ0v) is 11.7. The Labute approximate surface area is 118 Å². The molecule has 1 aromatic heterocycles. The van der Waals surface area contributed by atoms with Crippen LogP contribution in [0.15, 0.2) is 12.1 Å². The van der Waals surface area contributed by atoms with Crippen LogP contribution in [0.1, 0.15) is 19.3 Å². The molecule has 1 saturated carbocycles. The molecule has 0 radical (unpaired) electrons. The van der Waals surface area contributed by atoms with Gasteiger partial charge >= 0.3 is 0 Å². The zero-order valence-electron chi connectivity index (χ0n) is 9.37. The maximum atomic E-state index is 11.8. The third-order valence-electron chi connectivity index (χ3n) is 3.16. The first kappa shape index (κ1) is 12.2. The number of fused-ring (bicyclic) bond motifs is 1. The Bertz CT molecular complexity index is 622. The predicted molar refractivity (Wildman–Crippen MR) is 75.6 cm³/mol. The number of rotatable bonds is 2. The summed E-state index contributed by atoms with van der Waals surface area (Å²) in [5.41, 5.74) is 0.651. The van der Waals surface area contributed by atoms with E-state index >= 15 is 0 Å².